The van der Waals surface area contributed by atoms with Crippen molar-refractivity contribution >= 4 is 5.95 Å². The number of nitrogen functional groups attached to an aromatic ring is 1. The van der Waals surface area contributed by atoms with Crippen LogP contribution in [0.2, 0.25) is 0 Å². The lowest BCUT2D eigenvalue weighted by atomic mass is 9.77. The average molecular weight is 416 g/mol. The summed E-state index contributed by atoms with van der Waals surface area (Å²) in [4.78, 5) is 12.9. The maximum absolute atomic E-state index is 5.62. The molecule has 158 valence electrons. The molecule has 3 aromatic heterocycles. The number of anilines is 1. The van der Waals surface area contributed by atoms with E-state index in [9.17, 15) is 0 Å². The van der Waals surface area contributed by atoms with Crippen LogP contribution in [0.4, 0.5) is 5.95 Å². The molecule has 1 atom stereocenters. The number of hydrogen-bond donors (Lipinski definition) is 2. The summed E-state index contributed by atoms with van der Waals surface area (Å²) in [6.45, 7) is 3.36. The Morgan fingerprint density at radius 2 is 1.81 bits per heavy atom. The fourth-order valence-corrected chi connectivity index (χ4v) is 3.98. The molecule has 0 amide bonds. The molecule has 9 heteroatoms. The molecule has 31 heavy (non-hydrogen) atoms. The van der Waals surface area contributed by atoms with Crippen molar-refractivity contribution in [2.24, 2.45) is 11.7 Å². The molecule has 3 heterocycles. The predicted molar refractivity (Wildman–Crippen MR) is 116 cm³/mol. The van der Waals surface area contributed by atoms with Crippen LogP contribution in [0, 0.1) is 5.92 Å². The SMILES string of the molecule is C[C@@](c1ccc(-c2cnc(N)nc2)cc1)(c1noc(-c2cnn(CCN)c2)n1)C1CC1. The molecule has 0 radical (unpaired) electrons. The minimum absolute atomic E-state index is 0.267. The van der Waals surface area contributed by atoms with Crippen molar-refractivity contribution in [2.75, 3.05) is 12.3 Å². The van der Waals surface area contributed by atoms with Crippen LogP contribution in [0.15, 0.2) is 53.6 Å². The summed E-state index contributed by atoms with van der Waals surface area (Å²) in [5, 5.41) is 8.66. The summed E-state index contributed by atoms with van der Waals surface area (Å²) >= 11 is 0. The number of rotatable bonds is 7. The van der Waals surface area contributed by atoms with Gasteiger partial charge in [0.2, 0.25) is 5.95 Å². The summed E-state index contributed by atoms with van der Waals surface area (Å²) in [6.07, 6.45) is 9.35. The lowest BCUT2D eigenvalue weighted by molar-refractivity contribution is 0.386. The van der Waals surface area contributed by atoms with Crippen molar-refractivity contribution in [3.8, 4) is 22.6 Å². The van der Waals surface area contributed by atoms with Gasteiger partial charge in [0, 0.05) is 30.7 Å². The summed E-state index contributed by atoms with van der Waals surface area (Å²) in [5.41, 5.74) is 14.8. The van der Waals surface area contributed by atoms with Gasteiger partial charge in [-0.1, -0.05) is 29.4 Å². The second kappa shape index (κ2) is 7.59. The van der Waals surface area contributed by atoms with Crippen LogP contribution in [-0.2, 0) is 12.0 Å². The minimum atomic E-state index is -0.328. The second-order valence-corrected chi connectivity index (χ2v) is 8.09. The van der Waals surface area contributed by atoms with Crippen molar-refractivity contribution in [3.63, 3.8) is 0 Å². The Kier molecular flexibility index (Phi) is 4.74. The molecule has 0 saturated heterocycles. The van der Waals surface area contributed by atoms with Crippen molar-refractivity contribution < 1.29 is 4.52 Å². The van der Waals surface area contributed by atoms with Gasteiger partial charge in [0.05, 0.1) is 23.7 Å². The van der Waals surface area contributed by atoms with E-state index in [1.54, 1.807) is 23.3 Å². The smallest absolute Gasteiger partial charge is 0.261 e. The fraction of sp³-hybridized carbons (Fsp3) is 0.318. The van der Waals surface area contributed by atoms with Gasteiger partial charge in [0.15, 0.2) is 5.82 Å². The van der Waals surface area contributed by atoms with Crippen LogP contribution < -0.4 is 11.5 Å². The standard InChI is InChI=1S/C22H24N8O/c1-22(18-6-7-18,17-4-2-14(3-5-17)15-10-25-21(24)26-11-15)20-28-19(31-29-20)16-12-27-30(13-16)9-8-23/h2-5,10-13,18H,6-9,23H2,1H3,(H2,24,25,26)/t22-/m0/s1. The van der Waals surface area contributed by atoms with Gasteiger partial charge in [0.1, 0.15) is 0 Å². The van der Waals surface area contributed by atoms with Crippen LogP contribution in [0.1, 0.15) is 31.2 Å². The Balaban J connectivity index is 1.46. The average Bonchev–Trinajstić information content (AvgIpc) is 3.35. The van der Waals surface area contributed by atoms with Crippen LogP contribution in [0.3, 0.4) is 0 Å². The van der Waals surface area contributed by atoms with Gasteiger partial charge in [-0.15, -0.1) is 0 Å². The van der Waals surface area contributed by atoms with Gasteiger partial charge in [-0.05, 0) is 36.8 Å². The number of nitrogens with zero attached hydrogens (tertiary/aromatic N) is 6. The van der Waals surface area contributed by atoms with Crippen LogP contribution >= 0.6 is 0 Å². The van der Waals surface area contributed by atoms with E-state index in [0.717, 1.165) is 35.1 Å². The van der Waals surface area contributed by atoms with E-state index in [0.29, 0.717) is 30.7 Å². The van der Waals surface area contributed by atoms with Gasteiger partial charge in [-0.25, -0.2) is 9.97 Å². The molecule has 1 aromatic carbocycles. The van der Waals surface area contributed by atoms with Gasteiger partial charge in [-0.3, -0.25) is 4.68 Å². The van der Waals surface area contributed by atoms with Gasteiger partial charge in [0.25, 0.3) is 5.89 Å². The molecular formula is C22H24N8O. The third-order valence-electron chi connectivity index (χ3n) is 6.01. The maximum atomic E-state index is 5.62. The normalized spacial score (nSPS) is 15.7. The molecular weight excluding hydrogens is 392 g/mol. The highest BCUT2D eigenvalue weighted by molar-refractivity contribution is 5.63. The molecule has 5 rings (SSSR count). The number of aromatic nitrogens is 6. The van der Waals surface area contributed by atoms with Gasteiger partial charge < -0.3 is 16.0 Å². The molecule has 4 N–H and O–H groups in total. The Bertz CT molecular complexity index is 1180. The summed E-state index contributed by atoms with van der Waals surface area (Å²) in [5.74, 6) is 1.91. The van der Waals surface area contributed by atoms with E-state index in [2.05, 4.69) is 51.4 Å². The molecule has 1 fully saturated rings. The molecule has 0 unspecified atom stereocenters. The third-order valence-corrected chi connectivity index (χ3v) is 6.01. The van der Waals surface area contributed by atoms with Gasteiger partial charge >= 0.3 is 0 Å². The zero-order chi connectivity index (χ0) is 21.4. The molecule has 1 saturated carbocycles. The zero-order valence-electron chi connectivity index (χ0n) is 17.3. The molecule has 0 aliphatic heterocycles. The number of nitrogens with two attached hydrogens (primary N) is 2. The molecule has 4 aromatic rings. The lowest BCUT2D eigenvalue weighted by Gasteiger charge is -2.27. The Hall–Kier alpha value is -3.59. The summed E-state index contributed by atoms with van der Waals surface area (Å²) in [7, 11) is 0. The molecule has 1 aliphatic rings. The van der Waals surface area contributed by atoms with E-state index in [-0.39, 0.29) is 11.4 Å². The van der Waals surface area contributed by atoms with Crippen molar-refractivity contribution in [1.82, 2.24) is 29.9 Å². The van der Waals surface area contributed by atoms with Crippen LogP contribution in [-0.4, -0.2) is 36.4 Å². The largest absolute Gasteiger partial charge is 0.368 e. The van der Waals surface area contributed by atoms with Crippen molar-refractivity contribution in [3.05, 3.63) is 60.4 Å². The van der Waals surface area contributed by atoms with E-state index < -0.39 is 0 Å². The van der Waals surface area contributed by atoms with Crippen LogP contribution in [0.5, 0.6) is 0 Å². The van der Waals surface area contributed by atoms with Crippen molar-refractivity contribution in [1.29, 1.82) is 0 Å². The van der Waals surface area contributed by atoms with E-state index in [1.807, 2.05) is 6.20 Å². The van der Waals surface area contributed by atoms with Gasteiger partial charge in [-0.2, -0.15) is 10.1 Å². The van der Waals surface area contributed by atoms with Crippen LogP contribution in [0.25, 0.3) is 22.6 Å². The monoisotopic (exact) mass is 416 g/mol. The first kappa shape index (κ1) is 19.4. The first-order valence-electron chi connectivity index (χ1n) is 10.3. The minimum Gasteiger partial charge on any atom is -0.368 e. The highest BCUT2D eigenvalue weighted by Crippen LogP contribution is 2.50. The summed E-state index contributed by atoms with van der Waals surface area (Å²) in [6, 6.07) is 8.39. The zero-order valence-corrected chi connectivity index (χ0v) is 17.3. The number of hydrogen-bond acceptors (Lipinski definition) is 8. The van der Waals surface area contributed by atoms with E-state index >= 15 is 0 Å². The molecule has 9 nitrogen and oxygen atoms in total. The first-order valence-corrected chi connectivity index (χ1v) is 10.3. The maximum Gasteiger partial charge on any atom is 0.261 e. The lowest BCUT2D eigenvalue weighted by Crippen LogP contribution is -2.28. The van der Waals surface area contributed by atoms with Crippen molar-refractivity contribution in [2.45, 2.75) is 31.7 Å². The first-order chi connectivity index (χ1) is 15.1. The Morgan fingerprint density at radius 3 is 2.48 bits per heavy atom. The second-order valence-electron chi connectivity index (χ2n) is 8.09. The molecule has 1 aliphatic carbocycles. The highest BCUT2D eigenvalue weighted by atomic mass is 16.5. The highest BCUT2D eigenvalue weighted by Gasteiger charge is 2.47. The number of benzene rings is 1. The predicted octanol–water partition coefficient (Wildman–Crippen LogP) is 2.65. The molecule has 0 spiro atoms. The Morgan fingerprint density at radius 1 is 1.06 bits per heavy atom. The topological polar surface area (TPSA) is 135 Å². The van der Waals surface area contributed by atoms with E-state index in [4.69, 9.17) is 21.0 Å². The summed E-state index contributed by atoms with van der Waals surface area (Å²) < 4.78 is 7.39. The van der Waals surface area contributed by atoms with E-state index in [1.165, 1.54) is 0 Å². The third kappa shape index (κ3) is 3.57. The molecule has 0 bridgehead atoms. The Labute approximate surface area is 179 Å². The quantitative estimate of drug-likeness (QED) is 0.469. The fourth-order valence-electron chi connectivity index (χ4n) is 3.98.